The molecule has 0 radical (unpaired) electrons. The van der Waals surface area contributed by atoms with E-state index in [0.717, 1.165) is 6.20 Å². The van der Waals surface area contributed by atoms with Crippen LogP contribution in [0.4, 0.5) is 5.69 Å². The van der Waals surface area contributed by atoms with E-state index >= 15 is 0 Å². The van der Waals surface area contributed by atoms with Gasteiger partial charge in [-0.05, 0) is 48.0 Å². The van der Waals surface area contributed by atoms with Gasteiger partial charge < -0.3 is 9.47 Å². The smallest absolute Gasteiger partial charge is 0.287 e. The van der Waals surface area contributed by atoms with Crippen molar-refractivity contribution in [1.29, 1.82) is 0 Å². The molecule has 3 rings (SSSR count). The Balaban J connectivity index is 1.67. The van der Waals surface area contributed by atoms with Crippen LogP contribution in [0.2, 0.25) is 5.02 Å². The van der Waals surface area contributed by atoms with Gasteiger partial charge in [0.05, 0.1) is 18.2 Å². The van der Waals surface area contributed by atoms with Crippen LogP contribution >= 0.6 is 11.6 Å². The Morgan fingerprint density at radius 3 is 2.57 bits per heavy atom. The largest absolute Gasteiger partial charge is 0.493 e. The molecule has 0 saturated carbocycles. The summed E-state index contributed by atoms with van der Waals surface area (Å²) in [5, 5.41) is 15.2. The summed E-state index contributed by atoms with van der Waals surface area (Å²) in [6.07, 6.45) is 2.55. The molecule has 1 heterocycles. The summed E-state index contributed by atoms with van der Waals surface area (Å²) in [5.41, 5.74) is 3.36. The number of nitrogens with one attached hydrogen (secondary N) is 1. The number of carbonyl (C=O) groups is 1. The summed E-state index contributed by atoms with van der Waals surface area (Å²) < 4.78 is 10.9. The maximum atomic E-state index is 12.0. The van der Waals surface area contributed by atoms with Crippen molar-refractivity contribution in [2.24, 2.45) is 5.10 Å². The van der Waals surface area contributed by atoms with E-state index in [9.17, 15) is 14.9 Å². The van der Waals surface area contributed by atoms with E-state index in [1.165, 1.54) is 25.5 Å². The van der Waals surface area contributed by atoms with Gasteiger partial charge in [-0.2, -0.15) is 5.10 Å². The highest BCUT2D eigenvalue weighted by molar-refractivity contribution is 6.30. The van der Waals surface area contributed by atoms with Crippen LogP contribution in [0.1, 0.15) is 15.9 Å². The second-order valence-corrected chi connectivity index (χ2v) is 6.27. The third-order valence-corrected chi connectivity index (χ3v) is 4.07. The Kier molecular flexibility index (Phi) is 6.56. The first-order valence-electron chi connectivity index (χ1n) is 8.51. The molecule has 9 nitrogen and oxygen atoms in total. The molecule has 1 N–H and O–H groups in total. The van der Waals surface area contributed by atoms with Gasteiger partial charge in [0.1, 0.15) is 6.20 Å². The lowest BCUT2D eigenvalue weighted by atomic mass is 10.2. The summed E-state index contributed by atoms with van der Waals surface area (Å²) in [7, 11) is 1.47. The van der Waals surface area contributed by atoms with Crippen molar-refractivity contribution in [3.8, 4) is 17.4 Å². The lowest BCUT2D eigenvalue weighted by Gasteiger charge is -2.10. The summed E-state index contributed by atoms with van der Waals surface area (Å²) in [5.74, 6) is 0.555. The molecule has 30 heavy (non-hydrogen) atoms. The monoisotopic (exact) mass is 426 g/mol. The van der Waals surface area contributed by atoms with Gasteiger partial charge >= 0.3 is 0 Å². The zero-order valence-corrected chi connectivity index (χ0v) is 16.4. The van der Waals surface area contributed by atoms with Crippen LogP contribution in [-0.2, 0) is 0 Å². The lowest BCUT2D eigenvalue weighted by Crippen LogP contribution is -2.17. The highest BCUT2D eigenvalue weighted by Crippen LogP contribution is 2.31. The molecule has 0 saturated heterocycles. The van der Waals surface area contributed by atoms with Crippen molar-refractivity contribution in [2.75, 3.05) is 7.11 Å². The molecule has 1 aromatic heterocycles. The molecule has 0 fully saturated rings. The lowest BCUT2D eigenvalue weighted by molar-refractivity contribution is -0.385. The number of benzene rings is 2. The van der Waals surface area contributed by atoms with Crippen LogP contribution in [0.25, 0.3) is 0 Å². The van der Waals surface area contributed by atoms with E-state index in [1.54, 1.807) is 42.5 Å². The van der Waals surface area contributed by atoms with Gasteiger partial charge in [0.25, 0.3) is 11.6 Å². The number of ether oxygens (including phenoxy) is 2. The molecule has 0 atom stereocenters. The quantitative estimate of drug-likeness (QED) is 0.343. The second kappa shape index (κ2) is 9.48. The number of aromatic nitrogens is 1. The van der Waals surface area contributed by atoms with Gasteiger partial charge in [-0.15, -0.1) is 0 Å². The maximum Gasteiger partial charge on any atom is 0.287 e. The van der Waals surface area contributed by atoms with Gasteiger partial charge in [-0.1, -0.05) is 11.6 Å². The Morgan fingerprint density at radius 1 is 1.17 bits per heavy atom. The van der Waals surface area contributed by atoms with Crippen LogP contribution < -0.4 is 14.9 Å². The number of halogens is 1. The van der Waals surface area contributed by atoms with Crippen molar-refractivity contribution in [1.82, 2.24) is 10.4 Å². The number of methoxy groups -OCH3 is 1. The van der Waals surface area contributed by atoms with E-state index in [-0.39, 0.29) is 17.5 Å². The number of nitrogens with zero attached hydrogens (tertiary/aromatic N) is 3. The van der Waals surface area contributed by atoms with Crippen LogP contribution in [0.5, 0.6) is 17.4 Å². The fourth-order valence-corrected chi connectivity index (χ4v) is 2.46. The number of pyridine rings is 1. The van der Waals surface area contributed by atoms with E-state index in [2.05, 4.69) is 15.5 Å². The molecule has 0 unspecified atom stereocenters. The summed E-state index contributed by atoms with van der Waals surface area (Å²) in [4.78, 5) is 26.1. The zero-order chi connectivity index (χ0) is 21.5. The van der Waals surface area contributed by atoms with Crippen molar-refractivity contribution < 1.29 is 19.2 Å². The normalized spacial score (nSPS) is 10.6. The van der Waals surface area contributed by atoms with Crippen LogP contribution in [0.3, 0.4) is 0 Å². The van der Waals surface area contributed by atoms with E-state index in [4.69, 9.17) is 21.1 Å². The number of nitro groups is 1. The molecule has 2 aromatic carbocycles. The highest BCUT2D eigenvalue weighted by atomic mass is 35.5. The molecular weight excluding hydrogens is 412 g/mol. The Labute approximate surface area is 176 Å². The van der Waals surface area contributed by atoms with Crippen molar-refractivity contribution in [2.45, 2.75) is 0 Å². The molecule has 10 heteroatoms. The van der Waals surface area contributed by atoms with Crippen LogP contribution in [0, 0.1) is 10.1 Å². The van der Waals surface area contributed by atoms with Gasteiger partial charge in [0, 0.05) is 22.7 Å². The van der Waals surface area contributed by atoms with E-state index in [1.807, 2.05) is 0 Å². The standard InChI is InChI=1S/C20H15ClN4O5/c1-29-18-10-13(11-23-24-20(26)14-3-5-15(21)6-4-14)2-8-17(18)30-19-9-7-16(12-22-19)25(27)28/h2-12H,1H3,(H,24,26)/b23-11-. The van der Waals surface area contributed by atoms with Crippen molar-refractivity contribution in [3.05, 3.63) is 87.1 Å². The molecule has 0 bridgehead atoms. The topological polar surface area (TPSA) is 116 Å². The van der Waals surface area contributed by atoms with E-state index in [0.29, 0.717) is 27.6 Å². The second-order valence-electron chi connectivity index (χ2n) is 5.83. The first-order chi connectivity index (χ1) is 14.5. The van der Waals surface area contributed by atoms with E-state index < -0.39 is 4.92 Å². The zero-order valence-electron chi connectivity index (χ0n) is 15.6. The molecular formula is C20H15ClN4O5. The predicted molar refractivity (Wildman–Crippen MR) is 110 cm³/mol. The third-order valence-electron chi connectivity index (χ3n) is 3.82. The molecule has 0 spiro atoms. The first kappa shape index (κ1) is 20.7. The molecule has 152 valence electrons. The average Bonchev–Trinajstić information content (AvgIpc) is 2.75. The predicted octanol–water partition coefficient (Wildman–Crippen LogP) is 4.21. The number of hydrogen-bond acceptors (Lipinski definition) is 7. The molecule has 0 aliphatic rings. The Hall–Kier alpha value is -3.98. The third kappa shape index (κ3) is 5.30. The highest BCUT2D eigenvalue weighted by Gasteiger charge is 2.10. The Morgan fingerprint density at radius 2 is 1.93 bits per heavy atom. The molecule has 1 amide bonds. The van der Waals surface area contributed by atoms with Gasteiger partial charge in [-0.25, -0.2) is 10.4 Å². The fourth-order valence-electron chi connectivity index (χ4n) is 2.33. The number of hydrazone groups is 1. The number of amides is 1. The number of carbonyl (C=O) groups excluding carboxylic acids is 1. The minimum absolute atomic E-state index is 0.137. The minimum Gasteiger partial charge on any atom is -0.493 e. The summed E-state index contributed by atoms with van der Waals surface area (Å²) in [6.45, 7) is 0. The van der Waals surface area contributed by atoms with Gasteiger partial charge in [0.15, 0.2) is 11.5 Å². The molecule has 3 aromatic rings. The summed E-state index contributed by atoms with van der Waals surface area (Å²) >= 11 is 5.80. The maximum absolute atomic E-state index is 12.0. The van der Waals surface area contributed by atoms with Crippen molar-refractivity contribution >= 4 is 29.4 Å². The number of hydrogen-bond donors (Lipinski definition) is 1. The fraction of sp³-hybridized carbons (Fsp3) is 0.0500. The molecule has 0 aliphatic heterocycles. The summed E-state index contributed by atoms with van der Waals surface area (Å²) in [6, 6.07) is 14.1. The first-order valence-corrected chi connectivity index (χ1v) is 8.89. The molecule has 0 aliphatic carbocycles. The van der Waals surface area contributed by atoms with Gasteiger partial charge in [0.2, 0.25) is 5.88 Å². The van der Waals surface area contributed by atoms with Crippen molar-refractivity contribution in [3.63, 3.8) is 0 Å². The van der Waals surface area contributed by atoms with Crippen LogP contribution in [-0.4, -0.2) is 29.1 Å². The number of rotatable bonds is 7. The van der Waals surface area contributed by atoms with Crippen LogP contribution in [0.15, 0.2) is 65.9 Å². The minimum atomic E-state index is -0.544. The Bertz CT molecular complexity index is 1090. The SMILES string of the molecule is COc1cc(/C=N\NC(=O)c2ccc(Cl)cc2)ccc1Oc1ccc([N+](=O)[O-])cn1. The average molecular weight is 427 g/mol. The van der Waals surface area contributed by atoms with Gasteiger partial charge in [-0.3, -0.25) is 14.9 Å².